The lowest BCUT2D eigenvalue weighted by Crippen LogP contribution is -1.84. The van der Waals surface area contributed by atoms with Crippen LogP contribution in [0, 0.1) is 0 Å². The molecular weight excluding hydrogens is 114 g/mol. The number of hydrogen-bond donors (Lipinski definition) is 0. The lowest BCUT2D eigenvalue weighted by molar-refractivity contribution is 0.0788. The molecule has 0 fully saturated rings. The molecule has 2 rings (SSSR count). The van der Waals surface area contributed by atoms with Crippen molar-refractivity contribution in [3.8, 4) is 0 Å². The summed E-state index contributed by atoms with van der Waals surface area (Å²) in [6.07, 6.45) is 0. The van der Waals surface area contributed by atoms with E-state index in [1.54, 1.807) is 0 Å². The van der Waals surface area contributed by atoms with Crippen LogP contribution in [0.25, 0.3) is 0 Å². The van der Waals surface area contributed by atoms with E-state index in [1.807, 2.05) is 24.3 Å². The molecule has 2 heteroatoms. The van der Waals surface area contributed by atoms with Gasteiger partial charge in [-0.3, -0.25) is 0 Å². The third-order valence-corrected chi connectivity index (χ3v) is 1.37. The maximum absolute atomic E-state index is 4.84. The topological polar surface area (TPSA) is 23.3 Å². The summed E-state index contributed by atoms with van der Waals surface area (Å²) in [6, 6.07) is 7.91. The predicted molar refractivity (Wildman–Crippen MR) is 33.0 cm³/mol. The lowest BCUT2D eigenvalue weighted by atomic mass is 10.2. The quantitative estimate of drug-likeness (QED) is 0.507. The van der Waals surface area contributed by atoms with Crippen molar-refractivity contribution in [3.63, 3.8) is 0 Å². The van der Waals surface area contributed by atoms with Gasteiger partial charge in [0.05, 0.1) is 5.69 Å². The number of hydrogen-bond acceptors (Lipinski definition) is 1. The summed E-state index contributed by atoms with van der Waals surface area (Å²) < 4.78 is 0. The van der Waals surface area contributed by atoms with Crippen molar-refractivity contribution < 1.29 is 4.84 Å². The minimum absolute atomic E-state index is 0.635. The minimum atomic E-state index is 0.635. The van der Waals surface area contributed by atoms with Gasteiger partial charge in [-0.15, -0.1) is 5.48 Å². The molecule has 0 aliphatic carbocycles. The molecule has 0 N–H and O–H groups in total. The fourth-order valence-corrected chi connectivity index (χ4v) is 0.893. The van der Waals surface area contributed by atoms with Crippen LogP contribution >= 0.6 is 0 Å². The molecule has 1 aromatic rings. The minimum Gasteiger partial charge on any atom is -0.247 e. The number of benzene rings is 1. The molecule has 0 unspecified atom stereocenters. The number of nitrogens with zero attached hydrogens (tertiary/aromatic N) is 1. The molecule has 0 amide bonds. The fraction of sp³-hybridized carbons (Fsp3) is 0.143. The smallest absolute Gasteiger partial charge is 0.104 e. The molecule has 0 aromatic heterocycles. The van der Waals surface area contributed by atoms with Crippen molar-refractivity contribution >= 4 is 5.69 Å². The van der Waals surface area contributed by atoms with E-state index >= 15 is 0 Å². The maximum atomic E-state index is 4.84. The molecule has 0 atom stereocenters. The van der Waals surface area contributed by atoms with Crippen molar-refractivity contribution in [1.82, 2.24) is 5.48 Å². The van der Waals surface area contributed by atoms with E-state index in [0.29, 0.717) is 6.61 Å². The Morgan fingerprint density at radius 3 is 3.11 bits per heavy atom. The van der Waals surface area contributed by atoms with Crippen LogP contribution in [0.1, 0.15) is 5.56 Å². The van der Waals surface area contributed by atoms with Crippen LogP contribution in [-0.4, -0.2) is 0 Å². The van der Waals surface area contributed by atoms with Gasteiger partial charge in [-0.1, -0.05) is 18.2 Å². The van der Waals surface area contributed by atoms with Gasteiger partial charge in [0.25, 0.3) is 0 Å². The van der Waals surface area contributed by atoms with Crippen molar-refractivity contribution in [2.75, 3.05) is 0 Å². The van der Waals surface area contributed by atoms with Gasteiger partial charge in [0.1, 0.15) is 6.61 Å². The zero-order valence-electron chi connectivity index (χ0n) is 4.87. The van der Waals surface area contributed by atoms with Crippen molar-refractivity contribution in [2.45, 2.75) is 6.61 Å². The predicted octanol–water partition coefficient (Wildman–Crippen LogP) is 1.37. The first-order valence-electron chi connectivity index (χ1n) is 2.88. The highest BCUT2D eigenvalue weighted by Crippen LogP contribution is 2.21. The molecule has 0 saturated heterocycles. The summed E-state index contributed by atoms with van der Waals surface area (Å²) in [7, 11) is 0. The average Bonchev–Trinajstić information content (AvgIpc) is 2.33. The molecule has 1 radical (unpaired) electrons. The highest BCUT2D eigenvalue weighted by molar-refractivity contribution is 5.45. The second-order valence-corrected chi connectivity index (χ2v) is 1.99. The van der Waals surface area contributed by atoms with Gasteiger partial charge in [0, 0.05) is 5.56 Å². The van der Waals surface area contributed by atoms with E-state index in [-0.39, 0.29) is 0 Å². The van der Waals surface area contributed by atoms with Gasteiger partial charge in [-0.25, -0.2) is 4.84 Å². The van der Waals surface area contributed by atoms with Crippen LogP contribution < -0.4 is 5.48 Å². The van der Waals surface area contributed by atoms with Gasteiger partial charge in [0.15, 0.2) is 0 Å². The van der Waals surface area contributed by atoms with Crippen LogP contribution in [0.5, 0.6) is 0 Å². The SMILES string of the molecule is c1ccc2c(c1)CO[N]2. The first-order chi connectivity index (χ1) is 4.47. The first kappa shape index (κ1) is 4.82. The standard InChI is InChI=1S/C7H6NO/c1-2-4-7-6(3-1)5-9-8-7/h1-4H,5H2. The van der Waals surface area contributed by atoms with Gasteiger partial charge < -0.3 is 0 Å². The van der Waals surface area contributed by atoms with Gasteiger partial charge in [-0.05, 0) is 6.07 Å². The Balaban J connectivity index is 2.54. The first-order valence-corrected chi connectivity index (χ1v) is 2.88. The molecule has 1 aromatic carbocycles. The van der Waals surface area contributed by atoms with E-state index in [4.69, 9.17) is 4.84 Å². The molecule has 0 spiro atoms. The Morgan fingerprint density at radius 2 is 2.22 bits per heavy atom. The van der Waals surface area contributed by atoms with Crippen molar-refractivity contribution in [2.24, 2.45) is 0 Å². The summed E-state index contributed by atoms with van der Waals surface area (Å²) in [5.74, 6) is 0. The van der Waals surface area contributed by atoms with Crippen LogP contribution in [0.3, 0.4) is 0 Å². The highest BCUT2D eigenvalue weighted by Gasteiger charge is 2.09. The fourth-order valence-electron chi connectivity index (χ4n) is 0.893. The number of rotatable bonds is 0. The second kappa shape index (κ2) is 1.74. The van der Waals surface area contributed by atoms with Gasteiger partial charge in [-0.2, -0.15) is 0 Å². The van der Waals surface area contributed by atoms with Crippen LogP contribution in [-0.2, 0) is 11.4 Å². The zero-order valence-corrected chi connectivity index (χ0v) is 4.87. The lowest BCUT2D eigenvalue weighted by Gasteiger charge is -1.88. The highest BCUT2D eigenvalue weighted by atomic mass is 16.6. The molecule has 1 aliphatic heterocycles. The summed E-state index contributed by atoms with van der Waals surface area (Å²) in [6.45, 7) is 0.635. The second-order valence-electron chi connectivity index (χ2n) is 1.99. The Morgan fingerprint density at radius 1 is 1.33 bits per heavy atom. The molecule has 9 heavy (non-hydrogen) atoms. The van der Waals surface area contributed by atoms with Crippen LogP contribution in [0.4, 0.5) is 5.69 Å². The summed E-state index contributed by atoms with van der Waals surface area (Å²) >= 11 is 0. The third kappa shape index (κ3) is 0.678. The Bertz CT molecular complexity index is 199. The van der Waals surface area contributed by atoms with E-state index in [0.717, 1.165) is 5.69 Å². The maximum Gasteiger partial charge on any atom is 0.104 e. The Hall–Kier alpha value is -1.02. The largest absolute Gasteiger partial charge is 0.247 e. The van der Waals surface area contributed by atoms with E-state index in [1.165, 1.54) is 5.56 Å². The summed E-state index contributed by atoms with van der Waals surface area (Å²) in [5, 5.41) is 0. The molecule has 0 saturated carbocycles. The molecule has 0 bridgehead atoms. The van der Waals surface area contributed by atoms with E-state index in [9.17, 15) is 0 Å². The summed E-state index contributed by atoms with van der Waals surface area (Å²) in [4.78, 5) is 4.84. The zero-order chi connectivity index (χ0) is 6.10. The third-order valence-electron chi connectivity index (χ3n) is 1.37. The van der Waals surface area contributed by atoms with Crippen molar-refractivity contribution in [1.29, 1.82) is 0 Å². The molecule has 2 nitrogen and oxygen atoms in total. The number of fused-ring (bicyclic) bond motifs is 1. The average molecular weight is 120 g/mol. The van der Waals surface area contributed by atoms with Gasteiger partial charge in [0.2, 0.25) is 0 Å². The normalized spacial score (nSPS) is 14.7. The Kier molecular flexibility index (Phi) is 0.932. The van der Waals surface area contributed by atoms with Crippen LogP contribution in [0.2, 0.25) is 0 Å². The summed E-state index contributed by atoms with van der Waals surface area (Å²) in [5.41, 5.74) is 5.95. The monoisotopic (exact) mass is 120 g/mol. The van der Waals surface area contributed by atoms with E-state index < -0.39 is 0 Å². The van der Waals surface area contributed by atoms with E-state index in [2.05, 4.69) is 5.48 Å². The molecule has 1 heterocycles. The molecule has 45 valence electrons. The van der Waals surface area contributed by atoms with Gasteiger partial charge >= 0.3 is 0 Å². The van der Waals surface area contributed by atoms with Crippen molar-refractivity contribution in [3.05, 3.63) is 29.8 Å². The molecule has 1 aliphatic rings. The Labute approximate surface area is 53.4 Å². The van der Waals surface area contributed by atoms with Crippen LogP contribution in [0.15, 0.2) is 24.3 Å². The molecular formula is C7H6NO.